The molecule has 0 aromatic heterocycles. The van der Waals surface area contributed by atoms with Crippen LogP contribution in [-0.4, -0.2) is 0 Å². The van der Waals surface area contributed by atoms with Gasteiger partial charge in [-0.05, 0) is 287 Å². The van der Waals surface area contributed by atoms with Crippen LogP contribution in [0.4, 0.5) is 34.1 Å². The first-order valence-corrected chi connectivity index (χ1v) is 38.2. The van der Waals surface area contributed by atoms with Crippen molar-refractivity contribution in [2.75, 3.05) is 9.80 Å². The van der Waals surface area contributed by atoms with Crippen LogP contribution >= 0.6 is 0 Å². The van der Waals surface area contributed by atoms with Crippen LogP contribution in [0.25, 0.3) is 111 Å². The molecule has 0 N–H and O–H groups in total. The van der Waals surface area contributed by atoms with Gasteiger partial charge >= 0.3 is 0 Å². The topological polar surface area (TPSA) is 6.48 Å². The molecule has 2 nitrogen and oxygen atoms in total. The molecule has 15 aromatic rings. The van der Waals surface area contributed by atoms with Gasteiger partial charge in [0, 0.05) is 66.6 Å². The van der Waals surface area contributed by atoms with E-state index in [-0.39, 0.29) is 32.5 Å². The molecule has 0 fully saturated rings. The lowest BCUT2D eigenvalue weighted by Gasteiger charge is -2.30. The molecule has 6 aliphatic rings. The minimum atomic E-state index is -0.263. The largest absolute Gasteiger partial charge is 0.310 e. The second-order valence-electron chi connectivity index (χ2n) is 34.4. The summed E-state index contributed by atoms with van der Waals surface area (Å²) in [5.74, 6) is 0. The molecule has 6 aliphatic carbocycles. The van der Waals surface area contributed by atoms with E-state index in [1.807, 2.05) is 0 Å². The standard InChI is InChI=1S/C104H84N2/c1-99(2)85-35-23-19-31-69(85)73-45-39-61(51-89(73)99)97-77-49-43-66(106(64-29-17-14-18-30-64)68-42-48-76-82-60-94-80(58-96(82)104(11,12)92(76)56-68)72-34-22-26-38-88(72)102(94,7)8)54-84(77)98(62-40-46-74-70-32-20-24-36-86(70)100(3,4)90(74)52-62)78-50-44-65(53-83(78)97)105(63-27-15-13-16-28-63)67-41-47-75-81-59-93-79(57-95(81)103(9,10)91(75)55-67)71-33-21-25-37-87(71)101(93,5)6/h13-60H,1-12H3. The first-order chi connectivity index (χ1) is 51.1. The first-order valence-electron chi connectivity index (χ1n) is 38.2. The quantitative estimate of drug-likeness (QED) is 0.140. The molecule has 0 spiro atoms. The van der Waals surface area contributed by atoms with Crippen molar-refractivity contribution in [3.8, 4) is 89.0 Å². The molecule has 106 heavy (non-hydrogen) atoms. The number of benzene rings is 15. The highest BCUT2D eigenvalue weighted by molar-refractivity contribution is 6.23. The maximum atomic E-state index is 2.55. The minimum absolute atomic E-state index is 0.102. The number of hydrogen-bond donors (Lipinski definition) is 0. The smallest absolute Gasteiger partial charge is 0.0468 e. The van der Waals surface area contributed by atoms with Crippen LogP contribution in [-0.2, 0) is 32.5 Å². The number of nitrogens with zero attached hydrogens (tertiary/aromatic N) is 2. The molecule has 0 amide bonds. The lowest BCUT2D eigenvalue weighted by atomic mass is 9.79. The maximum Gasteiger partial charge on any atom is 0.0468 e. The molecule has 0 bridgehead atoms. The molecule has 510 valence electrons. The number of hydrogen-bond acceptors (Lipinski definition) is 2. The van der Waals surface area contributed by atoms with Gasteiger partial charge in [-0.2, -0.15) is 0 Å². The third-order valence-electron chi connectivity index (χ3n) is 26.6. The molecule has 0 heterocycles. The maximum absolute atomic E-state index is 2.55. The lowest BCUT2D eigenvalue weighted by Crippen LogP contribution is -2.17. The Labute approximate surface area is 624 Å². The van der Waals surface area contributed by atoms with Gasteiger partial charge in [0.15, 0.2) is 0 Å². The second kappa shape index (κ2) is 21.6. The Bertz CT molecular complexity index is 6000. The summed E-state index contributed by atoms with van der Waals surface area (Å²) in [4.78, 5) is 5.04. The van der Waals surface area contributed by atoms with Crippen LogP contribution in [0.1, 0.15) is 150 Å². The number of fused-ring (bicyclic) bond motifs is 20. The molecule has 0 atom stereocenters. The van der Waals surface area contributed by atoms with Crippen molar-refractivity contribution in [2.24, 2.45) is 0 Å². The Kier molecular flexibility index (Phi) is 12.8. The summed E-state index contributed by atoms with van der Waals surface area (Å²) in [6.45, 7) is 29.0. The summed E-state index contributed by atoms with van der Waals surface area (Å²) < 4.78 is 0. The van der Waals surface area contributed by atoms with Crippen molar-refractivity contribution in [1.29, 1.82) is 0 Å². The molecule has 2 heteroatoms. The molecule has 0 aliphatic heterocycles. The summed E-state index contributed by atoms with van der Waals surface area (Å²) in [6, 6.07) is 113. The van der Waals surface area contributed by atoms with E-state index in [0.717, 1.165) is 34.1 Å². The van der Waals surface area contributed by atoms with Gasteiger partial charge in [-0.1, -0.05) is 265 Å². The van der Waals surface area contributed by atoms with Crippen molar-refractivity contribution in [3.63, 3.8) is 0 Å². The molecule has 0 unspecified atom stereocenters. The Hall–Kier alpha value is -11.6. The van der Waals surface area contributed by atoms with Gasteiger partial charge in [-0.15, -0.1) is 0 Å². The Morgan fingerprint density at radius 2 is 0.396 bits per heavy atom. The van der Waals surface area contributed by atoms with E-state index in [1.165, 1.54) is 177 Å². The van der Waals surface area contributed by atoms with Crippen LogP contribution in [0.15, 0.2) is 291 Å². The first kappa shape index (κ1) is 62.9. The summed E-state index contributed by atoms with van der Waals surface area (Å²) >= 11 is 0. The predicted molar refractivity (Wildman–Crippen MR) is 447 cm³/mol. The van der Waals surface area contributed by atoms with E-state index in [4.69, 9.17) is 0 Å². The average Bonchev–Trinajstić information content (AvgIpc) is 1.44. The fourth-order valence-electron chi connectivity index (χ4n) is 21.0. The van der Waals surface area contributed by atoms with E-state index < -0.39 is 0 Å². The predicted octanol–water partition coefficient (Wildman–Crippen LogP) is 28.1. The zero-order valence-corrected chi connectivity index (χ0v) is 62.6. The van der Waals surface area contributed by atoms with Gasteiger partial charge in [-0.3, -0.25) is 0 Å². The summed E-state index contributed by atoms with van der Waals surface area (Å²) in [7, 11) is 0. The van der Waals surface area contributed by atoms with Crippen molar-refractivity contribution >= 4 is 55.7 Å². The summed E-state index contributed by atoms with van der Waals surface area (Å²) in [5, 5.41) is 4.82. The lowest BCUT2D eigenvalue weighted by molar-refractivity contribution is 0.652. The summed E-state index contributed by atoms with van der Waals surface area (Å²) in [5.41, 5.74) is 43.0. The molecule has 21 rings (SSSR count). The van der Waals surface area contributed by atoms with Crippen LogP contribution in [0.5, 0.6) is 0 Å². The van der Waals surface area contributed by atoms with Crippen LogP contribution in [0, 0.1) is 0 Å². The van der Waals surface area contributed by atoms with Crippen molar-refractivity contribution in [3.05, 3.63) is 358 Å². The van der Waals surface area contributed by atoms with Gasteiger partial charge < -0.3 is 9.80 Å². The monoisotopic (exact) mass is 1360 g/mol. The third-order valence-corrected chi connectivity index (χ3v) is 26.6. The zero-order chi connectivity index (χ0) is 72.0. The van der Waals surface area contributed by atoms with Gasteiger partial charge in [-0.25, -0.2) is 0 Å². The number of rotatable bonds is 8. The Morgan fingerprint density at radius 1 is 0.160 bits per heavy atom. The van der Waals surface area contributed by atoms with Crippen LogP contribution in [0.3, 0.4) is 0 Å². The molecule has 15 aromatic carbocycles. The fraction of sp³-hybridized carbons (Fsp3) is 0.173. The Morgan fingerprint density at radius 3 is 0.736 bits per heavy atom. The highest BCUT2D eigenvalue weighted by Crippen LogP contribution is 2.61. The van der Waals surface area contributed by atoms with E-state index >= 15 is 0 Å². The molecular formula is C104H84N2. The normalized spacial score (nSPS) is 16.2. The average molecular weight is 1360 g/mol. The van der Waals surface area contributed by atoms with E-state index in [1.54, 1.807) is 0 Å². The molecule has 0 saturated heterocycles. The molecule has 0 radical (unpaired) electrons. The van der Waals surface area contributed by atoms with Gasteiger partial charge in [0.05, 0.1) is 0 Å². The summed E-state index contributed by atoms with van der Waals surface area (Å²) in [6.07, 6.45) is 0. The highest BCUT2D eigenvalue weighted by atomic mass is 15.1. The van der Waals surface area contributed by atoms with Crippen LogP contribution < -0.4 is 9.80 Å². The third kappa shape index (κ3) is 8.45. The van der Waals surface area contributed by atoms with Gasteiger partial charge in [0.25, 0.3) is 0 Å². The van der Waals surface area contributed by atoms with E-state index in [0.29, 0.717) is 0 Å². The van der Waals surface area contributed by atoms with E-state index in [9.17, 15) is 0 Å². The van der Waals surface area contributed by atoms with Gasteiger partial charge in [0.2, 0.25) is 0 Å². The van der Waals surface area contributed by atoms with E-state index in [2.05, 4.69) is 384 Å². The number of anilines is 6. The highest BCUT2D eigenvalue weighted by Gasteiger charge is 2.45. The van der Waals surface area contributed by atoms with Crippen molar-refractivity contribution in [1.82, 2.24) is 0 Å². The Balaban J connectivity index is 0.802. The molecular weight excluding hydrogens is 1280 g/mol. The fourth-order valence-corrected chi connectivity index (χ4v) is 21.0. The minimum Gasteiger partial charge on any atom is -0.310 e. The van der Waals surface area contributed by atoms with Crippen molar-refractivity contribution < 1.29 is 0 Å². The SMILES string of the molecule is CC1(C)c2ccccc2-c2ccc(-c3c4ccc(N(c5ccccc5)c5ccc6c(c5)C(C)(C)c5cc7c(cc5-6)C(C)(C)c5ccccc5-7)cc4c(-c4ccc5c(c4)C(C)(C)c4ccccc4-5)c4ccc(N(c5ccccc5)c5ccc6c(c5)C(C)(C)c5cc7c(cc5-6)C(C)(C)c5ccccc5-7)cc34)cc21. The van der Waals surface area contributed by atoms with Crippen molar-refractivity contribution in [2.45, 2.75) is 116 Å². The number of para-hydroxylation sites is 2. The van der Waals surface area contributed by atoms with Gasteiger partial charge in [0.1, 0.15) is 0 Å². The van der Waals surface area contributed by atoms with Crippen LogP contribution in [0.2, 0.25) is 0 Å². The zero-order valence-electron chi connectivity index (χ0n) is 62.6. The molecule has 0 saturated carbocycles. The second-order valence-corrected chi connectivity index (χ2v) is 34.4.